The van der Waals surface area contributed by atoms with E-state index in [0.717, 1.165) is 27.4 Å². The van der Waals surface area contributed by atoms with Crippen molar-refractivity contribution in [3.63, 3.8) is 0 Å². The van der Waals surface area contributed by atoms with Gasteiger partial charge < -0.3 is 10.2 Å². The van der Waals surface area contributed by atoms with Crippen LogP contribution in [0.3, 0.4) is 0 Å². The van der Waals surface area contributed by atoms with Crippen LogP contribution in [-0.4, -0.2) is 44.3 Å². The molecule has 0 unspecified atom stereocenters. The number of aryl methyl sites for hydroxylation is 2. The van der Waals surface area contributed by atoms with E-state index in [2.05, 4.69) is 5.32 Å². The standard InChI is InChI=1S/C30H36ClN3O4S/c1-5-17-32-30(36)28(6-2)33(20-24-11-7-9-22(3)18-24)29(35)21-34(26-12-8-10-23(4)19-26)39(37,38)27-15-13-25(31)14-16-27/h7-16,18-19,28H,5-6,17,20-21H2,1-4H3,(H,32,36)/t28-/m1/s1. The van der Waals surface area contributed by atoms with Gasteiger partial charge in [-0.15, -0.1) is 0 Å². The summed E-state index contributed by atoms with van der Waals surface area (Å²) in [5, 5.41) is 3.30. The molecule has 208 valence electrons. The minimum Gasteiger partial charge on any atom is -0.354 e. The lowest BCUT2D eigenvalue weighted by molar-refractivity contribution is -0.140. The molecule has 0 heterocycles. The van der Waals surface area contributed by atoms with Gasteiger partial charge in [0.15, 0.2) is 0 Å². The van der Waals surface area contributed by atoms with Crippen LogP contribution in [0.2, 0.25) is 5.02 Å². The van der Waals surface area contributed by atoms with Crippen LogP contribution in [0.15, 0.2) is 77.7 Å². The highest BCUT2D eigenvalue weighted by atomic mass is 35.5. The van der Waals surface area contributed by atoms with Crippen molar-refractivity contribution < 1.29 is 18.0 Å². The first-order valence-corrected chi connectivity index (χ1v) is 14.9. The van der Waals surface area contributed by atoms with Crippen molar-refractivity contribution in [2.24, 2.45) is 0 Å². The topological polar surface area (TPSA) is 86.8 Å². The Morgan fingerprint density at radius 1 is 0.923 bits per heavy atom. The van der Waals surface area contributed by atoms with Crippen molar-refractivity contribution >= 4 is 39.1 Å². The van der Waals surface area contributed by atoms with Gasteiger partial charge in [-0.2, -0.15) is 0 Å². The smallest absolute Gasteiger partial charge is 0.264 e. The van der Waals surface area contributed by atoms with Crippen LogP contribution in [-0.2, 0) is 26.2 Å². The third kappa shape index (κ3) is 7.83. The SMILES string of the molecule is CCCNC(=O)[C@@H](CC)N(Cc1cccc(C)c1)C(=O)CN(c1cccc(C)c1)S(=O)(=O)c1ccc(Cl)cc1. The molecular formula is C30H36ClN3O4S. The summed E-state index contributed by atoms with van der Waals surface area (Å²) in [6.45, 7) is 7.79. The fraction of sp³-hybridized carbons (Fsp3) is 0.333. The first-order chi connectivity index (χ1) is 18.6. The number of hydrogen-bond acceptors (Lipinski definition) is 4. The summed E-state index contributed by atoms with van der Waals surface area (Å²) in [5.74, 6) is -0.739. The van der Waals surface area contributed by atoms with Crippen LogP contribution in [0.4, 0.5) is 5.69 Å². The second-order valence-corrected chi connectivity index (χ2v) is 11.8. The predicted octanol–water partition coefficient (Wildman–Crippen LogP) is 5.49. The van der Waals surface area contributed by atoms with E-state index < -0.39 is 28.5 Å². The minimum atomic E-state index is -4.14. The van der Waals surface area contributed by atoms with E-state index in [9.17, 15) is 18.0 Å². The largest absolute Gasteiger partial charge is 0.354 e. The third-order valence-electron chi connectivity index (χ3n) is 6.34. The molecule has 0 fully saturated rings. The summed E-state index contributed by atoms with van der Waals surface area (Å²) in [5.41, 5.74) is 3.08. The molecule has 9 heteroatoms. The van der Waals surface area contributed by atoms with E-state index >= 15 is 0 Å². The van der Waals surface area contributed by atoms with Crippen molar-refractivity contribution in [2.75, 3.05) is 17.4 Å². The van der Waals surface area contributed by atoms with Gasteiger partial charge in [0.25, 0.3) is 10.0 Å². The number of nitrogens with one attached hydrogen (secondary N) is 1. The fourth-order valence-electron chi connectivity index (χ4n) is 4.34. The number of carbonyl (C=O) groups excluding carboxylic acids is 2. The summed E-state index contributed by atoms with van der Waals surface area (Å²) in [6, 6.07) is 19.8. The van der Waals surface area contributed by atoms with Crippen LogP contribution in [0.25, 0.3) is 0 Å². The molecule has 1 atom stereocenters. The molecule has 2 amide bonds. The number of rotatable bonds is 12. The molecule has 7 nitrogen and oxygen atoms in total. The van der Waals surface area contributed by atoms with Crippen molar-refractivity contribution in [2.45, 2.75) is 58.0 Å². The average molecular weight is 570 g/mol. The molecule has 0 aliphatic rings. The maximum absolute atomic E-state index is 14.0. The van der Waals surface area contributed by atoms with Crippen LogP contribution in [0.5, 0.6) is 0 Å². The van der Waals surface area contributed by atoms with E-state index in [1.54, 1.807) is 18.2 Å². The van der Waals surface area contributed by atoms with Crippen molar-refractivity contribution in [1.82, 2.24) is 10.2 Å². The molecule has 39 heavy (non-hydrogen) atoms. The number of halogens is 1. The molecular weight excluding hydrogens is 534 g/mol. The van der Waals surface area contributed by atoms with Gasteiger partial charge in [0.2, 0.25) is 11.8 Å². The number of hydrogen-bond donors (Lipinski definition) is 1. The number of benzene rings is 3. The molecule has 0 radical (unpaired) electrons. The van der Waals surface area contributed by atoms with Crippen molar-refractivity contribution in [1.29, 1.82) is 0 Å². The van der Waals surface area contributed by atoms with Crippen LogP contribution < -0.4 is 9.62 Å². The highest BCUT2D eigenvalue weighted by Gasteiger charge is 2.33. The zero-order valence-electron chi connectivity index (χ0n) is 22.9. The zero-order chi connectivity index (χ0) is 28.6. The monoisotopic (exact) mass is 569 g/mol. The molecule has 1 N–H and O–H groups in total. The van der Waals surface area contributed by atoms with E-state index in [1.165, 1.54) is 29.2 Å². The second kappa shape index (κ2) is 13.6. The maximum atomic E-state index is 14.0. The van der Waals surface area contributed by atoms with E-state index in [1.807, 2.05) is 58.0 Å². The third-order valence-corrected chi connectivity index (χ3v) is 8.38. The highest BCUT2D eigenvalue weighted by molar-refractivity contribution is 7.92. The molecule has 0 spiro atoms. The number of anilines is 1. The summed E-state index contributed by atoms with van der Waals surface area (Å²) in [7, 11) is -4.14. The molecule has 0 saturated carbocycles. The van der Waals surface area contributed by atoms with Gasteiger partial charge in [0.1, 0.15) is 12.6 Å². The zero-order valence-corrected chi connectivity index (χ0v) is 24.4. The quantitative estimate of drug-likeness (QED) is 0.313. The maximum Gasteiger partial charge on any atom is 0.264 e. The molecule has 0 saturated heterocycles. The number of sulfonamides is 1. The van der Waals surface area contributed by atoms with Gasteiger partial charge in [0.05, 0.1) is 10.6 Å². The second-order valence-electron chi connectivity index (χ2n) is 9.53. The first kappa shape index (κ1) is 30.2. The highest BCUT2D eigenvalue weighted by Crippen LogP contribution is 2.26. The normalized spacial score (nSPS) is 12.0. The van der Waals surface area contributed by atoms with E-state index in [-0.39, 0.29) is 17.3 Å². The van der Waals surface area contributed by atoms with Crippen LogP contribution in [0.1, 0.15) is 43.4 Å². The van der Waals surface area contributed by atoms with Gasteiger partial charge in [-0.05, 0) is 74.2 Å². The van der Waals surface area contributed by atoms with Crippen molar-refractivity contribution in [3.05, 3.63) is 94.5 Å². The van der Waals surface area contributed by atoms with Gasteiger partial charge in [-0.3, -0.25) is 13.9 Å². The fourth-order valence-corrected chi connectivity index (χ4v) is 5.87. The first-order valence-electron chi connectivity index (χ1n) is 13.0. The van der Waals surface area contributed by atoms with E-state index in [4.69, 9.17) is 11.6 Å². The van der Waals surface area contributed by atoms with Gasteiger partial charge in [0, 0.05) is 18.1 Å². The summed E-state index contributed by atoms with van der Waals surface area (Å²) in [4.78, 5) is 28.7. The van der Waals surface area contributed by atoms with Crippen LogP contribution >= 0.6 is 11.6 Å². The summed E-state index contributed by atoms with van der Waals surface area (Å²) >= 11 is 6.00. The summed E-state index contributed by atoms with van der Waals surface area (Å²) in [6.07, 6.45) is 1.13. The number of carbonyl (C=O) groups is 2. The minimum absolute atomic E-state index is 0.0131. The molecule has 3 rings (SSSR count). The summed E-state index contributed by atoms with van der Waals surface area (Å²) < 4.78 is 28.8. The molecule has 3 aromatic carbocycles. The molecule has 0 aliphatic heterocycles. The molecule has 0 bridgehead atoms. The Hall–Kier alpha value is -3.36. The Kier molecular flexibility index (Phi) is 10.5. The van der Waals surface area contributed by atoms with Gasteiger partial charge in [-0.1, -0.05) is 67.4 Å². The lowest BCUT2D eigenvalue weighted by atomic mass is 10.1. The average Bonchev–Trinajstić information content (AvgIpc) is 2.90. The lowest BCUT2D eigenvalue weighted by Gasteiger charge is -2.33. The predicted molar refractivity (Wildman–Crippen MR) is 156 cm³/mol. The van der Waals surface area contributed by atoms with Crippen LogP contribution in [0, 0.1) is 13.8 Å². The molecule has 0 aromatic heterocycles. The number of nitrogens with zero attached hydrogens (tertiary/aromatic N) is 2. The van der Waals surface area contributed by atoms with Gasteiger partial charge in [-0.25, -0.2) is 8.42 Å². The molecule has 3 aromatic rings. The Labute approximate surface area is 236 Å². The lowest BCUT2D eigenvalue weighted by Crippen LogP contribution is -2.52. The van der Waals surface area contributed by atoms with E-state index in [0.29, 0.717) is 23.7 Å². The Bertz CT molecular complexity index is 1390. The molecule has 0 aliphatic carbocycles. The van der Waals surface area contributed by atoms with Crippen molar-refractivity contribution in [3.8, 4) is 0 Å². The Balaban J connectivity index is 2.05. The van der Waals surface area contributed by atoms with Gasteiger partial charge >= 0.3 is 0 Å². The number of amides is 2. The Morgan fingerprint density at radius 3 is 2.15 bits per heavy atom. The Morgan fingerprint density at radius 2 is 1.56 bits per heavy atom.